The van der Waals surface area contributed by atoms with Crippen molar-refractivity contribution in [3.63, 3.8) is 0 Å². The van der Waals surface area contributed by atoms with Crippen molar-refractivity contribution >= 4 is 29.9 Å². The molecule has 0 spiro atoms. The van der Waals surface area contributed by atoms with E-state index < -0.39 is 0 Å². The number of nitrogens with one attached hydrogen (secondary N) is 2. The molecule has 0 radical (unpaired) electrons. The fourth-order valence-electron chi connectivity index (χ4n) is 3.58. The number of nitrogens with zero attached hydrogens (tertiary/aromatic N) is 2. The van der Waals surface area contributed by atoms with Crippen LogP contribution in [0.15, 0.2) is 29.3 Å². The molecule has 1 aliphatic heterocycles. The topological polar surface area (TPSA) is 67.3 Å². The van der Waals surface area contributed by atoms with E-state index in [0.29, 0.717) is 26.4 Å². The first-order valence-electron chi connectivity index (χ1n) is 11.3. The van der Waals surface area contributed by atoms with Crippen molar-refractivity contribution in [2.24, 2.45) is 4.99 Å². The van der Waals surface area contributed by atoms with Crippen molar-refractivity contribution < 1.29 is 14.2 Å². The molecule has 0 saturated carbocycles. The summed E-state index contributed by atoms with van der Waals surface area (Å²) in [5, 5.41) is 6.81. The number of guanidine groups is 1. The van der Waals surface area contributed by atoms with Crippen LogP contribution >= 0.6 is 24.0 Å². The van der Waals surface area contributed by atoms with Gasteiger partial charge in [-0.25, -0.2) is 0 Å². The van der Waals surface area contributed by atoms with Crippen molar-refractivity contribution in [2.45, 2.75) is 38.6 Å². The molecule has 1 heterocycles. The number of benzene rings is 1. The van der Waals surface area contributed by atoms with Gasteiger partial charge >= 0.3 is 0 Å². The first-order valence-corrected chi connectivity index (χ1v) is 11.3. The summed E-state index contributed by atoms with van der Waals surface area (Å²) in [6.45, 7) is 8.66. The zero-order valence-electron chi connectivity index (χ0n) is 19.4. The first-order chi connectivity index (χ1) is 14.8. The maximum absolute atomic E-state index is 5.62. The number of likely N-dealkylation sites (tertiary alicyclic amines) is 1. The Morgan fingerprint density at radius 3 is 2.52 bits per heavy atom. The van der Waals surface area contributed by atoms with Gasteiger partial charge in [-0.1, -0.05) is 25.5 Å². The van der Waals surface area contributed by atoms with Crippen LogP contribution in [0.5, 0.6) is 5.75 Å². The fraction of sp³-hybridized carbons (Fsp3) is 0.696. The van der Waals surface area contributed by atoms with Crippen LogP contribution in [0.3, 0.4) is 0 Å². The summed E-state index contributed by atoms with van der Waals surface area (Å²) in [4.78, 5) is 6.89. The van der Waals surface area contributed by atoms with Crippen LogP contribution < -0.4 is 15.4 Å². The molecule has 2 rings (SSSR count). The Hall–Kier alpha value is -1.10. The first kappa shape index (κ1) is 27.9. The van der Waals surface area contributed by atoms with Crippen molar-refractivity contribution in [3.05, 3.63) is 29.8 Å². The molecule has 31 heavy (non-hydrogen) atoms. The van der Waals surface area contributed by atoms with Gasteiger partial charge in [0, 0.05) is 26.7 Å². The van der Waals surface area contributed by atoms with E-state index in [2.05, 4.69) is 45.6 Å². The number of hydrogen-bond acceptors (Lipinski definition) is 5. The number of aliphatic imine (C=N–C) groups is 1. The predicted molar refractivity (Wildman–Crippen MR) is 138 cm³/mol. The minimum absolute atomic E-state index is 0. The molecule has 1 aliphatic rings. The standard InChI is InChI=1S/C23H40N4O3.HI/c1-4-5-14-29-16-17-30-15-11-25-23(24-2)26-19-22(27-12-6-7-13-27)20-9-8-10-21(18-20)28-3;/h8-10,18,22H,4-7,11-17,19H2,1-3H3,(H2,24,25,26);1H. The Morgan fingerprint density at radius 2 is 1.84 bits per heavy atom. The minimum atomic E-state index is 0. The van der Waals surface area contributed by atoms with E-state index in [1.807, 2.05) is 6.07 Å². The Bertz CT molecular complexity index is 612. The zero-order chi connectivity index (χ0) is 21.4. The molecule has 0 amide bonds. The molecule has 1 unspecified atom stereocenters. The molecule has 7 nitrogen and oxygen atoms in total. The van der Waals surface area contributed by atoms with Crippen molar-refractivity contribution in [1.82, 2.24) is 15.5 Å². The van der Waals surface area contributed by atoms with E-state index in [9.17, 15) is 0 Å². The third-order valence-corrected chi connectivity index (χ3v) is 5.30. The van der Waals surface area contributed by atoms with Crippen LogP contribution in [0.1, 0.15) is 44.2 Å². The van der Waals surface area contributed by atoms with Gasteiger partial charge in [-0.2, -0.15) is 0 Å². The van der Waals surface area contributed by atoms with Gasteiger partial charge in [-0.15, -0.1) is 24.0 Å². The van der Waals surface area contributed by atoms with Gasteiger partial charge in [0.1, 0.15) is 5.75 Å². The average Bonchev–Trinajstić information content (AvgIpc) is 3.31. The number of methoxy groups -OCH3 is 1. The lowest BCUT2D eigenvalue weighted by molar-refractivity contribution is 0.0487. The highest BCUT2D eigenvalue weighted by Crippen LogP contribution is 2.27. The van der Waals surface area contributed by atoms with Crippen LogP contribution in [0.4, 0.5) is 0 Å². The van der Waals surface area contributed by atoms with Crippen molar-refractivity contribution in [1.29, 1.82) is 0 Å². The van der Waals surface area contributed by atoms with Crippen LogP contribution in [0, 0.1) is 0 Å². The highest BCUT2D eigenvalue weighted by atomic mass is 127. The maximum Gasteiger partial charge on any atom is 0.191 e. The largest absolute Gasteiger partial charge is 0.497 e. The predicted octanol–water partition coefficient (Wildman–Crippen LogP) is 3.45. The molecule has 8 heteroatoms. The van der Waals surface area contributed by atoms with Gasteiger partial charge in [0.15, 0.2) is 5.96 Å². The summed E-state index contributed by atoms with van der Waals surface area (Å²) in [5.41, 5.74) is 1.27. The van der Waals surface area contributed by atoms with E-state index in [1.165, 1.54) is 18.4 Å². The Kier molecular flexibility index (Phi) is 15.7. The number of hydrogen-bond donors (Lipinski definition) is 2. The molecular weight excluding hydrogens is 507 g/mol. The van der Waals surface area contributed by atoms with E-state index in [-0.39, 0.29) is 30.0 Å². The number of unbranched alkanes of at least 4 members (excludes halogenated alkanes) is 1. The quantitative estimate of drug-likeness (QED) is 0.161. The molecule has 2 N–H and O–H groups in total. The Balaban J connectivity index is 0.00000480. The monoisotopic (exact) mass is 548 g/mol. The van der Waals surface area contributed by atoms with Crippen LogP contribution in [0.2, 0.25) is 0 Å². The molecule has 1 fully saturated rings. The van der Waals surface area contributed by atoms with E-state index in [1.54, 1.807) is 14.2 Å². The highest BCUT2D eigenvalue weighted by molar-refractivity contribution is 14.0. The van der Waals surface area contributed by atoms with Crippen molar-refractivity contribution in [2.75, 3.05) is 66.8 Å². The minimum Gasteiger partial charge on any atom is -0.497 e. The van der Waals surface area contributed by atoms with Crippen molar-refractivity contribution in [3.8, 4) is 5.75 Å². The molecule has 0 aromatic heterocycles. The number of ether oxygens (including phenoxy) is 3. The summed E-state index contributed by atoms with van der Waals surface area (Å²) < 4.78 is 16.5. The number of halogens is 1. The van der Waals surface area contributed by atoms with Gasteiger partial charge in [0.05, 0.1) is 33.0 Å². The van der Waals surface area contributed by atoms with Crippen LogP contribution in [-0.2, 0) is 9.47 Å². The summed E-state index contributed by atoms with van der Waals surface area (Å²) >= 11 is 0. The smallest absolute Gasteiger partial charge is 0.191 e. The third-order valence-electron chi connectivity index (χ3n) is 5.30. The Labute approximate surface area is 205 Å². The lowest BCUT2D eigenvalue weighted by atomic mass is 10.1. The Morgan fingerprint density at radius 1 is 1.10 bits per heavy atom. The van der Waals surface area contributed by atoms with Gasteiger partial charge in [0.2, 0.25) is 0 Å². The summed E-state index contributed by atoms with van der Waals surface area (Å²) in [6.07, 6.45) is 4.78. The molecule has 0 aliphatic carbocycles. The van der Waals surface area contributed by atoms with Crippen LogP contribution in [0.25, 0.3) is 0 Å². The zero-order valence-corrected chi connectivity index (χ0v) is 21.7. The van der Waals surface area contributed by atoms with Crippen LogP contribution in [-0.4, -0.2) is 77.6 Å². The fourth-order valence-corrected chi connectivity index (χ4v) is 3.58. The highest BCUT2D eigenvalue weighted by Gasteiger charge is 2.24. The molecular formula is C23H41IN4O3. The molecule has 1 aromatic rings. The second-order valence-corrected chi connectivity index (χ2v) is 7.49. The van der Waals surface area contributed by atoms with E-state index >= 15 is 0 Å². The van der Waals surface area contributed by atoms with Gasteiger partial charge in [-0.3, -0.25) is 9.89 Å². The van der Waals surface area contributed by atoms with E-state index in [4.69, 9.17) is 14.2 Å². The normalized spacial score (nSPS) is 15.4. The SMILES string of the molecule is CCCCOCCOCCNC(=NC)NCC(c1cccc(OC)c1)N1CCCC1.I. The second-order valence-electron chi connectivity index (χ2n) is 7.49. The molecule has 1 atom stereocenters. The van der Waals surface area contributed by atoms with Gasteiger partial charge in [-0.05, 0) is 50.0 Å². The molecule has 0 bridgehead atoms. The summed E-state index contributed by atoms with van der Waals surface area (Å²) in [6, 6.07) is 8.66. The lowest BCUT2D eigenvalue weighted by Crippen LogP contribution is -2.43. The lowest BCUT2D eigenvalue weighted by Gasteiger charge is -2.29. The third kappa shape index (κ3) is 10.9. The maximum atomic E-state index is 5.62. The summed E-state index contributed by atoms with van der Waals surface area (Å²) in [7, 11) is 3.52. The molecule has 178 valence electrons. The van der Waals surface area contributed by atoms with Gasteiger partial charge < -0.3 is 24.8 Å². The van der Waals surface area contributed by atoms with Gasteiger partial charge in [0.25, 0.3) is 0 Å². The number of rotatable bonds is 14. The summed E-state index contributed by atoms with van der Waals surface area (Å²) in [5.74, 6) is 1.69. The molecule has 1 aromatic carbocycles. The second kappa shape index (κ2) is 17.5. The average molecular weight is 549 g/mol. The van der Waals surface area contributed by atoms with E-state index in [0.717, 1.165) is 50.8 Å². The molecule has 1 saturated heterocycles.